The van der Waals surface area contributed by atoms with Crippen LogP contribution >= 0.6 is 0 Å². The van der Waals surface area contributed by atoms with Gasteiger partial charge in [0.1, 0.15) is 15.7 Å². The second kappa shape index (κ2) is 4.17. The quantitative estimate of drug-likeness (QED) is 0.455. The summed E-state index contributed by atoms with van der Waals surface area (Å²) in [5.41, 5.74) is 2.21. The van der Waals surface area contributed by atoms with Crippen LogP contribution in [0.4, 0.5) is 0 Å². The number of rotatable bonds is 2. The lowest BCUT2D eigenvalue weighted by molar-refractivity contribution is 0.0600. The maximum atomic E-state index is 11.2. The number of ether oxygens (including phenoxy) is 1. The van der Waals surface area contributed by atoms with Crippen LogP contribution in [0, 0.1) is 0 Å². The summed E-state index contributed by atoms with van der Waals surface area (Å²) in [6, 6.07) is 7.52. The first-order valence-electron chi connectivity index (χ1n) is 4.33. The molecule has 1 rings (SSSR count). The van der Waals surface area contributed by atoms with E-state index in [0.717, 1.165) is 5.56 Å². The molecule has 0 N–H and O–H groups in total. The third-order valence-corrected chi connectivity index (χ3v) is 1.97. The van der Waals surface area contributed by atoms with Crippen LogP contribution in [0.5, 0.6) is 0 Å². The molecule has 0 aliphatic rings. The first-order chi connectivity index (χ1) is 6.15. The molecule has 0 aliphatic heterocycles. The standard InChI is InChI=1S/C9H12B2O2/c1-13-9(12)7-4-2-3-6(5-7)8(10)11/h2-5,8H,10-11H2,1H3. The smallest absolute Gasteiger partial charge is 0.337 e. The van der Waals surface area contributed by atoms with Crippen LogP contribution in [0.2, 0.25) is 0 Å². The first kappa shape index (κ1) is 9.90. The molecule has 0 aromatic heterocycles. The zero-order chi connectivity index (χ0) is 9.84. The van der Waals surface area contributed by atoms with Crippen LogP contribution < -0.4 is 0 Å². The SMILES string of the molecule is BC(B)c1cccc(C(=O)OC)c1. The van der Waals surface area contributed by atoms with E-state index in [1.165, 1.54) is 7.11 Å². The number of hydrogen-bond donors (Lipinski definition) is 0. The Labute approximate surface area is 80.1 Å². The van der Waals surface area contributed by atoms with E-state index in [1.807, 2.05) is 18.2 Å². The molecule has 0 amide bonds. The number of hydrogen-bond acceptors (Lipinski definition) is 2. The summed E-state index contributed by atoms with van der Waals surface area (Å²) in [6.07, 6.45) is 0. The van der Waals surface area contributed by atoms with Crippen LogP contribution in [0.15, 0.2) is 24.3 Å². The Kier molecular flexibility index (Phi) is 3.18. The molecule has 1 aromatic carbocycles. The van der Waals surface area contributed by atoms with Crippen molar-refractivity contribution in [3.05, 3.63) is 35.4 Å². The van der Waals surface area contributed by atoms with Gasteiger partial charge in [-0.15, -0.1) is 0 Å². The van der Waals surface area contributed by atoms with Crippen molar-refractivity contribution in [2.24, 2.45) is 0 Å². The van der Waals surface area contributed by atoms with E-state index in [0.29, 0.717) is 11.3 Å². The largest absolute Gasteiger partial charge is 0.465 e. The summed E-state index contributed by atoms with van der Waals surface area (Å²) in [4.78, 5) is 11.2. The summed E-state index contributed by atoms with van der Waals surface area (Å²) in [5, 5.41) is 0. The molecule has 0 aliphatic carbocycles. The summed E-state index contributed by atoms with van der Waals surface area (Å²) in [6.45, 7) is 0. The predicted octanol–water partition coefficient (Wildman–Crippen LogP) is -0.262. The van der Waals surface area contributed by atoms with Gasteiger partial charge in [-0.2, -0.15) is 0 Å². The van der Waals surface area contributed by atoms with Gasteiger partial charge in [0, 0.05) is 0 Å². The molecule has 66 valence electrons. The van der Waals surface area contributed by atoms with Crippen LogP contribution in [0.3, 0.4) is 0 Å². The number of benzene rings is 1. The Morgan fingerprint density at radius 3 is 2.69 bits per heavy atom. The second-order valence-electron chi connectivity index (χ2n) is 3.27. The molecule has 0 bridgehead atoms. The monoisotopic (exact) mass is 174 g/mol. The lowest BCUT2D eigenvalue weighted by atomic mass is 9.66. The summed E-state index contributed by atoms with van der Waals surface area (Å²) >= 11 is 0. The highest BCUT2D eigenvalue weighted by atomic mass is 16.5. The highest BCUT2D eigenvalue weighted by Crippen LogP contribution is 2.11. The van der Waals surface area contributed by atoms with Crippen molar-refractivity contribution in [1.82, 2.24) is 0 Å². The van der Waals surface area contributed by atoms with Crippen LogP contribution in [-0.2, 0) is 4.74 Å². The van der Waals surface area contributed by atoms with Crippen molar-refractivity contribution >= 4 is 21.7 Å². The van der Waals surface area contributed by atoms with Gasteiger partial charge in [-0.3, -0.25) is 0 Å². The van der Waals surface area contributed by atoms with Crippen molar-refractivity contribution in [1.29, 1.82) is 0 Å². The van der Waals surface area contributed by atoms with Gasteiger partial charge in [0.15, 0.2) is 0 Å². The fourth-order valence-corrected chi connectivity index (χ4v) is 1.14. The zero-order valence-electron chi connectivity index (χ0n) is 8.20. The molecule has 0 fully saturated rings. The normalized spacial score (nSPS) is 10.0. The van der Waals surface area contributed by atoms with Gasteiger partial charge in [0.2, 0.25) is 0 Å². The zero-order valence-corrected chi connectivity index (χ0v) is 8.20. The molecule has 2 nitrogen and oxygen atoms in total. The molecule has 0 saturated carbocycles. The molecule has 0 radical (unpaired) electrons. The first-order valence-corrected chi connectivity index (χ1v) is 4.33. The molecule has 0 unspecified atom stereocenters. The van der Waals surface area contributed by atoms with E-state index in [4.69, 9.17) is 0 Å². The molecule has 0 heterocycles. The Morgan fingerprint density at radius 2 is 2.15 bits per heavy atom. The molecule has 4 heteroatoms. The Hall–Kier alpha value is -1.18. The van der Waals surface area contributed by atoms with Gasteiger partial charge in [-0.05, 0) is 12.1 Å². The maximum absolute atomic E-state index is 11.2. The fourth-order valence-electron chi connectivity index (χ4n) is 1.14. The van der Waals surface area contributed by atoms with Crippen LogP contribution in [0.25, 0.3) is 0 Å². The van der Waals surface area contributed by atoms with E-state index in [-0.39, 0.29) is 5.97 Å². The molecule has 13 heavy (non-hydrogen) atoms. The van der Waals surface area contributed by atoms with Gasteiger partial charge in [-0.25, -0.2) is 4.79 Å². The van der Waals surface area contributed by atoms with Gasteiger partial charge >= 0.3 is 5.97 Å². The van der Waals surface area contributed by atoms with Crippen molar-refractivity contribution < 1.29 is 9.53 Å². The summed E-state index contributed by atoms with van der Waals surface area (Å²) < 4.78 is 4.63. The van der Waals surface area contributed by atoms with Gasteiger partial charge in [0.05, 0.1) is 12.7 Å². The van der Waals surface area contributed by atoms with Gasteiger partial charge < -0.3 is 4.74 Å². The average Bonchev–Trinajstić information content (AvgIpc) is 2.17. The highest BCUT2D eigenvalue weighted by Gasteiger charge is 2.06. The molecule has 1 aromatic rings. The highest BCUT2D eigenvalue weighted by molar-refractivity contribution is 6.35. The number of methoxy groups -OCH3 is 1. The van der Waals surface area contributed by atoms with E-state index >= 15 is 0 Å². The van der Waals surface area contributed by atoms with E-state index in [1.54, 1.807) is 6.07 Å². The Balaban J connectivity index is 2.98. The Morgan fingerprint density at radius 1 is 1.46 bits per heavy atom. The van der Waals surface area contributed by atoms with E-state index < -0.39 is 0 Å². The molecule has 0 saturated heterocycles. The molecule has 0 spiro atoms. The van der Waals surface area contributed by atoms with Crippen LogP contribution in [-0.4, -0.2) is 28.8 Å². The summed E-state index contributed by atoms with van der Waals surface area (Å²) in [5.74, 6) is -0.275. The third-order valence-electron chi connectivity index (χ3n) is 1.97. The third kappa shape index (κ3) is 2.38. The lowest BCUT2D eigenvalue weighted by Crippen LogP contribution is -2.04. The second-order valence-corrected chi connectivity index (χ2v) is 3.27. The number of carbonyl (C=O) groups is 1. The molecular formula is C9H12B2O2. The van der Waals surface area contributed by atoms with Crippen molar-refractivity contribution in [3.63, 3.8) is 0 Å². The predicted molar refractivity (Wildman–Crippen MR) is 57.6 cm³/mol. The minimum atomic E-state index is -0.275. The molecule has 0 atom stereocenters. The maximum Gasteiger partial charge on any atom is 0.337 e. The average molecular weight is 174 g/mol. The lowest BCUT2D eigenvalue weighted by Gasteiger charge is -2.06. The topological polar surface area (TPSA) is 26.3 Å². The number of carbonyl (C=O) groups excluding carboxylic acids is 1. The minimum absolute atomic E-state index is 0.275. The van der Waals surface area contributed by atoms with Crippen molar-refractivity contribution in [3.8, 4) is 0 Å². The van der Waals surface area contributed by atoms with Crippen molar-refractivity contribution in [2.45, 2.75) is 5.72 Å². The van der Waals surface area contributed by atoms with E-state index in [2.05, 4.69) is 20.4 Å². The minimum Gasteiger partial charge on any atom is -0.465 e. The molecular weight excluding hydrogens is 162 g/mol. The number of esters is 1. The van der Waals surface area contributed by atoms with Crippen LogP contribution in [0.1, 0.15) is 21.6 Å². The van der Waals surface area contributed by atoms with Gasteiger partial charge in [0.25, 0.3) is 0 Å². The summed E-state index contributed by atoms with van der Waals surface area (Å²) in [7, 11) is 5.58. The fraction of sp³-hybridized carbons (Fsp3) is 0.222. The van der Waals surface area contributed by atoms with Gasteiger partial charge in [-0.1, -0.05) is 23.4 Å². The van der Waals surface area contributed by atoms with Crippen molar-refractivity contribution in [2.75, 3.05) is 7.11 Å². The van der Waals surface area contributed by atoms with E-state index in [9.17, 15) is 4.79 Å². The Bertz CT molecular complexity index is 310.